The van der Waals surface area contributed by atoms with Gasteiger partial charge in [-0.05, 0) is 65.0 Å². The molecule has 0 spiro atoms. The van der Waals surface area contributed by atoms with E-state index in [9.17, 15) is 0 Å². The van der Waals surface area contributed by atoms with E-state index in [1.165, 1.54) is 43.6 Å². The molecule has 0 amide bonds. The highest BCUT2D eigenvalue weighted by Crippen LogP contribution is 2.19. The number of aliphatic imine (C=N–C) groups is 1. The van der Waals surface area contributed by atoms with Gasteiger partial charge in [0.05, 0.1) is 12.2 Å². The zero-order valence-electron chi connectivity index (χ0n) is 19.6. The lowest BCUT2D eigenvalue weighted by atomic mass is 10.0. The van der Waals surface area contributed by atoms with Crippen LogP contribution in [0.3, 0.4) is 0 Å². The molecule has 0 aromatic carbocycles. The minimum absolute atomic E-state index is 0. The maximum absolute atomic E-state index is 4.96. The topological polar surface area (TPSA) is 57.5 Å². The van der Waals surface area contributed by atoms with Gasteiger partial charge in [0, 0.05) is 37.9 Å². The second kappa shape index (κ2) is 12.8. The molecule has 2 atom stereocenters. The predicted molar refractivity (Wildman–Crippen MR) is 134 cm³/mol. The van der Waals surface area contributed by atoms with Crippen LogP contribution in [-0.4, -0.2) is 58.9 Å². The normalized spacial score (nSPS) is 19.2. The maximum atomic E-state index is 4.96. The minimum Gasteiger partial charge on any atom is -0.357 e. The third-order valence-corrected chi connectivity index (χ3v) is 5.71. The van der Waals surface area contributed by atoms with Crippen molar-refractivity contribution in [3.05, 3.63) is 17.0 Å². The van der Waals surface area contributed by atoms with Crippen molar-refractivity contribution in [3.8, 4) is 0 Å². The van der Waals surface area contributed by atoms with Crippen LogP contribution in [0.25, 0.3) is 0 Å². The number of aromatic nitrogens is 2. The molecule has 0 radical (unpaired) electrons. The van der Waals surface area contributed by atoms with Crippen LogP contribution in [0.2, 0.25) is 0 Å². The van der Waals surface area contributed by atoms with E-state index < -0.39 is 0 Å². The van der Waals surface area contributed by atoms with Gasteiger partial charge in [-0.15, -0.1) is 24.0 Å². The van der Waals surface area contributed by atoms with Gasteiger partial charge in [-0.1, -0.05) is 20.3 Å². The summed E-state index contributed by atoms with van der Waals surface area (Å²) in [5, 5.41) is 11.6. The first-order valence-corrected chi connectivity index (χ1v) is 11.1. The number of nitrogens with zero attached hydrogens (tertiary/aromatic N) is 4. The number of halogens is 1. The zero-order valence-corrected chi connectivity index (χ0v) is 21.9. The molecule has 0 aliphatic carbocycles. The fraction of sp³-hybridized carbons (Fsp3) is 0.818. The van der Waals surface area contributed by atoms with Crippen LogP contribution in [0.5, 0.6) is 0 Å². The number of nitrogens with one attached hydrogen (secondary N) is 2. The Morgan fingerprint density at radius 1 is 1.24 bits per heavy atom. The lowest BCUT2D eigenvalue weighted by Crippen LogP contribution is -2.46. The summed E-state index contributed by atoms with van der Waals surface area (Å²) in [5.74, 6) is 1.64. The molecule has 2 N–H and O–H groups in total. The van der Waals surface area contributed by atoms with Crippen LogP contribution in [0.4, 0.5) is 0 Å². The van der Waals surface area contributed by atoms with E-state index in [4.69, 9.17) is 4.99 Å². The highest BCUT2D eigenvalue weighted by Gasteiger charge is 2.23. The van der Waals surface area contributed by atoms with E-state index in [2.05, 4.69) is 62.2 Å². The Labute approximate surface area is 195 Å². The molecule has 29 heavy (non-hydrogen) atoms. The highest BCUT2D eigenvalue weighted by molar-refractivity contribution is 14.0. The lowest BCUT2D eigenvalue weighted by Gasteiger charge is -2.36. The largest absolute Gasteiger partial charge is 0.357 e. The number of hydrogen-bond donors (Lipinski definition) is 2. The van der Waals surface area contributed by atoms with Gasteiger partial charge in [0.2, 0.25) is 0 Å². The van der Waals surface area contributed by atoms with Crippen molar-refractivity contribution >= 4 is 29.9 Å². The van der Waals surface area contributed by atoms with Gasteiger partial charge in [-0.3, -0.25) is 14.6 Å². The molecule has 7 heteroatoms. The van der Waals surface area contributed by atoms with Gasteiger partial charge < -0.3 is 10.6 Å². The average molecular weight is 519 g/mol. The first kappa shape index (κ1) is 26.2. The smallest absolute Gasteiger partial charge is 0.191 e. The SMILES string of the molecule is CCNC(=NCC1CCCCN1CC(C)C)NC(C)Cc1c(C)nn(C)c1C.I. The Morgan fingerprint density at radius 2 is 1.97 bits per heavy atom. The zero-order chi connectivity index (χ0) is 20.7. The van der Waals surface area contributed by atoms with Crippen molar-refractivity contribution in [3.63, 3.8) is 0 Å². The van der Waals surface area contributed by atoms with Gasteiger partial charge >= 0.3 is 0 Å². The summed E-state index contributed by atoms with van der Waals surface area (Å²) in [5.41, 5.74) is 3.72. The van der Waals surface area contributed by atoms with Crippen molar-refractivity contribution in [2.24, 2.45) is 18.0 Å². The fourth-order valence-electron chi connectivity index (χ4n) is 4.20. The summed E-state index contributed by atoms with van der Waals surface area (Å²) in [6, 6.07) is 0.877. The Bertz CT molecular complexity index is 639. The number of hydrogen-bond acceptors (Lipinski definition) is 3. The van der Waals surface area contributed by atoms with Crippen molar-refractivity contribution in [1.82, 2.24) is 25.3 Å². The van der Waals surface area contributed by atoms with E-state index in [0.29, 0.717) is 18.0 Å². The Morgan fingerprint density at radius 3 is 2.55 bits per heavy atom. The molecule has 1 fully saturated rings. The molecule has 168 valence electrons. The number of aryl methyl sites for hydroxylation is 2. The standard InChI is InChI=1S/C22H42N6.HI/c1-8-23-22(24-14-20-11-9-10-12-28(20)15-16(2)3)25-17(4)13-21-18(5)26-27(7)19(21)6;/h16-17,20H,8-15H2,1-7H3,(H2,23,24,25);1H. The maximum Gasteiger partial charge on any atom is 0.191 e. The van der Waals surface area contributed by atoms with Crippen LogP contribution >= 0.6 is 24.0 Å². The summed E-state index contributed by atoms with van der Waals surface area (Å²) >= 11 is 0. The second-order valence-electron chi connectivity index (χ2n) is 8.78. The molecule has 0 saturated carbocycles. The molecule has 6 nitrogen and oxygen atoms in total. The van der Waals surface area contributed by atoms with Crippen LogP contribution in [-0.2, 0) is 13.5 Å². The van der Waals surface area contributed by atoms with Crippen molar-refractivity contribution in [2.45, 2.75) is 79.3 Å². The van der Waals surface area contributed by atoms with E-state index in [0.717, 1.165) is 31.2 Å². The van der Waals surface area contributed by atoms with Crippen molar-refractivity contribution in [1.29, 1.82) is 0 Å². The van der Waals surface area contributed by atoms with E-state index >= 15 is 0 Å². The fourth-order valence-corrected chi connectivity index (χ4v) is 4.20. The molecule has 1 aromatic heterocycles. The monoisotopic (exact) mass is 518 g/mol. The molecule has 1 aromatic rings. The van der Waals surface area contributed by atoms with Gasteiger partial charge in [0.1, 0.15) is 0 Å². The highest BCUT2D eigenvalue weighted by atomic mass is 127. The minimum atomic E-state index is 0. The summed E-state index contributed by atoms with van der Waals surface area (Å²) in [7, 11) is 2.02. The first-order valence-electron chi connectivity index (χ1n) is 11.1. The third kappa shape index (κ3) is 8.07. The van der Waals surface area contributed by atoms with E-state index in [1.807, 2.05) is 11.7 Å². The Balaban J connectivity index is 0.00000420. The van der Waals surface area contributed by atoms with Gasteiger partial charge in [0.25, 0.3) is 0 Å². The molecule has 1 aliphatic heterocycles. The van der Waals surface area contributed by atoms with Gasteiger partial charge in [0.15, 0.2) is 5.96 Å². The Hall–Kier alpha value is -0.830. The average Bonchev–Trinajstić information content (AvgIpc) is 2.86. The summed E-state index contributed by atoms with van der Waals surface area (Å²) < 4.78 is 1.98. The molecular weight excluding hydrogens is 475 g/mol. The molecule has 2 heterocycles. The van der Waals surface area contributed by atoms with Crippen LogP contribution in [0.15, 0.2) is 4.99 Å². The van der Waals surface area contributed by atoms with Crippen molar-refractivity contribution < 1.29 is 0 Å². The molecule has 2 rings (SSSR count). The third-order valence-electron chi connectivity index (χ3n) is 5.71. The predicted octanol–water partition coefficient (Wildman–Crippen LogP) is 3.65. The molecule has 1 aliphatic rings. The molecule has 2 unspecified atom stereocenters. The van der Waals surface area contributed by atoms with Crippen LogP contribution < -0.4 is 10.6 Å². The second-order valence-corrected chi connectivity index (χ2v) is 8.78. The van der Waals surface area contributed by atoms with Crippen LogP contribution in [0.1, 0.15) is 63.9 Å². The number of likely N-dealkylation sites (tertiary alicyclic amines) is 1. The summed E-state index contributed by atoms with van der Waals surface area (Å²) in [6.45, 7) is 17.4. The molecule has 1 saturated heterocycles. The summed E-state index contributed by atoms with van der Waals surface area (Å²) in [4.78, 5) is 7.60. The van der Waals surface area contributed by atoms with E-state index in [-0.39, 0.29) is 24.0 Å². The summed E-state index contributed by atoms with van der Waals surface area (Å²) in [6.07, 6.45) is 4.87. The quantitative estimate of drug-likeness (QED) is 0.314. The lowest BCUT2D eigenvalue weighted by molar-refractivity contribution is 0.137. The van der Waals surface area contributed by atoms with Gasteiger partial charge in [-0.2, -0.15) is 5.10 Å². The first-order chi connectivity index (χ1) is 13.3. The van der Waals surface area contributed by atoms with Gasteiger partial charge in [-0.25, -0.2) is 0 Å². The molecule has 0 bridgehead atoms. The number of piperidine rings is 1. The van der Waals surface area contributed by atoms with Crippen molar-refractivity contribution in [2.75, 3.05) is 26.2 Å². The molecular formula is C22H43IN6. The number of guanidine groups is 1. The number of rotatable bonds is 8. The van der Waals surface area contributed by atoms with E-state index in [1.54, 1.807) is 0 Å². The Kier molecular flexibility index (Phi) is 11.5. The van der Waals surface area contributed by atoms with Crippen LogP contribution in [0, 0.1) is 19.8 Å².